The summed E-state index contributed by atoms with van der Waals surface area (Å²) in [4.78, 5) is 8.74. The van der Waals surface area contributed by atoms with Crippen LogP contribution in [-0.2, 0) is 14.8 Å². The van der Waals surface area contributed by atoms with E-state index in [2.05, 4.69) is 20.0 Å². The van der Waals surface area contributed by atoms with E-state index in [1.807, 2.05) is 17.5 Å². The summed E-state index contributed by atoms with van der Waals surface area (Å²) in [5.41, 5.74) is 3.26. The normalized spacial score (nSPS) is 20.1. The number of hydrogen-bond donors (Lipinski definition) is 3. The van der Waals surface area contributed by atoms with Crippen molar-refractivity contribution in [1.29, 1.82) is 0 Å². The van der Waals surface area contributed by atoms with Gasteiger partial charge in [0.1, 0.15) is 4.90 Å². The highest BCUT2D eigenvalue weighted by molar-refractivity contribution is 7.89. The molecule has 0 aromatic carbocycles. The smallest absolute Gasteiger partial charge is 0.241 e. The quantitative estimate of drug-likeness (QED) is 0.453. The average Bonchev–Trinajstić information content (AvgIpc) is 3.18. The lowest BCUT2D eigenvalue weighted by atomic mass is 9.85. The molecule has 3 aromatic rings. The van der Waals surface area contributed by atoms with Gasteiger partial charge in [-0.1, -0.05) is 0 Å². The van der Waals surface area contributed by atoms with Crippen molar-refractivity contribution in [3.63, 3.8) is 0 Å². The number of aromatic nitrogens is 4. The molecule has 0 aliphatic heterocycles. The highest BCUT2D eigenvalue weighted by atomic mass is 32.2. The zero-order valence-electron chi connectivity index (χ0n) is 19.0. The number of sulfonamides is 1. The molecule has 0 bridgehead atoms. The molecule has 10 nitrogen and oxygen atoms in total. The van der Waals surface area contributed by atoms with Crippen molar-refractivity contribution in [3.05, 3.63) is 36.4 Å². The Bertz CT molecular complexity index is 1220. The number of anilines is 1. The summed E-state index contributed by atoms with van der Waals surface area (Å²) in [5, 5.41) is 18.0. The lowest BCUT2D eigenvalue weighted by Gasteiger charge is -2.25. The summed E-state index contributed by atoms with van der Waals surface area (Å²) >= 11 is 0. The predicted octanol–water partition coefficient (Wildman–Crippen LogP) is 2.16. The van der Waals surface area contributed by atoms with Crippen LogP contribution in [0.25, 0.3) is 16.6 Å². The number of methoxy groups -OCH3 is 1. The Morgan fingerprint density at radius 2 is 1.97 bits per heavy atom. The van der Waals surface area contributed by atoms with Gasteiger partial charge in [0.25, 0.3) is 0 Å². The van der Waals surface area contributed by atoms with Crippen LogP contribution in [0.4, 0.5) is 5.95 Å². The molecule has 3 aromatic heterocycles. The minimum atomic E-state index is -3.63. The zero-order chi connectivity index (χ0) is 23.6. The number of rotatable bonds is 8. The highest BCUT2D eigenvalue weighted by Gasteiger charge is 2.26. The van der Waals surface area contributed by atoms with Gasteiger partial charge in [-0.25, -0.2) is 22.6 Å². The van der Waals surface area contributed by atoms with Crippen LogP contribution < -0.4 is 10.0 Å². The van der Waals surface area contributed by atoms with Gasteiger partial charge in [0.15, 0.2) is 0 Å². The molecule has 3 heterocycles. The van der Waals surface area contributed by atoms with Gasteiger partial charge in [0, 0.05) is 48.3 Å². The number of aliphatic hydroxyl groups is 1. The van der Waals surface area contributed by atoms with E-state index in [4.69, 9.17) is 9.84 Å². The van der Waals surface area contributed by atoms with Crippen molar-refractivity contribution >= 4 is 21.5 Å². The Kier molecular flexibility index (Phi) is 6.94. The second kappa shape index (κ2) is 9.72. The van der Waals surface area contributed by atoms with E-state index in [1.54, 1.807) is 25.6 Å². The Balaban J connectivity index is 1.81. The Morgan fingerprint density at radius 1 is 1.21 bits per heavy atom. The van der Waals surface area contributed by atoms with Crippen molar-refractivity contribution in [2.75, 3.05) is 26.1 Å². The summed E-state index contributed by atoms with van der Waals surface area (Å²) in [6.07, 6.45) is 7.64. The molecule has 1 aliphatic rings. The van der Waals surface area contributed by atoms with E-state index in [9.17, 15) is 13.5 Å². The van der Waals surface area contributed by atoms with Crippen molar-refractivity contribution in [2.24, 2.45) is 0 Å². The third-order valence-corrected chi connectivity index (χ3v) is 7.44. The van der Waals surface area contributed by atoms with Crippen LogP contribution in [0.5, 0.6) is 0 Å². The summed E-state index contributed by atoms with van der Waals surface area (Å²) in [5.74, 6) is 0.710. The fourth-order valence-corrected chi connectivity index (χ4v) is 5.03. The monoisotopic (exact) mass is 474 g/mol. The van der Waals surface area contributed by atoms with Crippen molar-refractivity contribution in [2.45, 2.75) is 55.6 Å². The molecule has 11 heteroatoms. The number of aliphatic hydroxyl groups excluding tert-OH is 1. The standard InChI is InChI=1S/C22H30N6O4S/c1-14(13-32-3)26-22-25-12-21-19(16-8-18(11-24-10-16)33(30,31)23-2)9-20(28(21)27-22)15-4-6-17(29)7-5-15/h8-12,14-15,17,23,29H,4-7,13H2,1-3H3,(H,26,27)/t14-,15?,17?/m0/s1. The van der Waals surface area contributed by atoms with Gasteiger partial charge in [-0.15, -0.1) is 5.10 Å². The van der Waals surface area contributed by atoms with Crippen LogP contribution >= 0.6 is 0 Å². The molecular weight excluding hydrogens is 444 g/mol. The van der Waals surface area contributed by atoms with Gasteiger partial charge in [-0.2, -0.15) is 0 Å². The maximum Gasteiger partial charge on any atom is 0.241 e. The van der Waals surface area contributed by atoms with Gasteiger partial charge in [-0.3, -0.25) is 4.98 Å². The van der Waals surface area contributed by atoms with Crippen molar-refractivity contribution in [3.8, 4) is 11.1 Å². The molecule has 1 saturated carbocycles. The minimum absolute atomic E-state index is 0.0309. The molecule has 0 radical (unpaired) electrons. The van der Waals surface area contributed by atoms with Gasteiger partial charge in [-0.05, 0) is 51.8 Å². The molecule has 0 amide bonds. The van der Waals surface area contributed by atoms with E-state index in [0.29, 0.717) is 18.1 Å². The fraction of sp³-hybridized carbons (Fsp3) is 0.500. The molecular formula is C22H30N6O4S. The molecule has 1 fully saturated rings. The molecule has 3 N–H and O–H groups in total. The molecule has 4 rings (SSSR count). The van der Waals surface area contributed by atoms with Crippen molar-refractivity contribution < 1.29 is 18.3 Å². The van der Waals surface area contributed by atoms with Crippen LogP contribution in [0.1, 0.15) is 44.2 Å². The van der Waals surface area contributed by atoms with E-state index >= 15 is 0 Å². The number of pyridine rings is 1. The lowest BCUT2D eigenvalue weighted by Crippen LogP contribution is -2.23. The lowest BCUT2D eigenvalue weighted by molar-refractivity contribution is 0.121. The number of ether oxygens (including phenoxy) is 1. The summed E-state index contributed by atoms with van der Waals surface area (Å²) < 4.78 is 34.0. The SMILES string of the molecule is CNS(=O)(=O)c1cncc(-c2cc(C3CCC(O)CC3)n3nc(N[C@@H](C)COC)ncc23)c1. The third-order valence-electron chi connectivity index (χ3n) is 6.06. The first kappa shape index (κ1) is 23.6. The fourth-order valence-electron chi connectivity index (χ4n) is 4.32. The number of hydrogen-bond acceptors (Lipinski definition) is 8. The summed E-state index contributed by atoms with van der Waals surface area (Å²) in [7, 11) is -0.609. The van der Waals surface area contributed by atoms with E-state index < -0.39 is 10.0 Å². The second-order valence-corrected chi connectivity index (χ2v) is 10.4. The highest BCUT2D eigenvalue weighted by Crippen LogP contribution is 2.37. The average molecular weight is 475 g/mol. The maximum absolute atomic E-state index is 12.3. The van der Waals surface area contributed by atoms with Crippen LogP contribution in [0.3, 0.4) is 0 Å². The van der Waals surface area contributed by atoms with Crippen molar-refractivity contribution in [1.82, 2.24) is 24.3 Å². The number of nitrogens with one attached hydrogen (secondary N) is 2. The van der Waals surface area contributed by atoms with E-state index in [-0.39, 0.29) is 23.0 Å². The molecule has 0 unspecified atom stereocenters. The first-order valence-electron chi connectivity index (χ1n) is 11.0. The van der Waals surface area contributed by atoms with Crippen LogP contribution in [0.15, 0.2) is 35.6 Å². The Hall–Kier alpha value is -2.60. The first-order chi connectivity index (χ1) is 15.8. The van der Waals surface area contributed by atoms with Gasteiger partial charge >= 0.3 is 0 Å². The zero-order valence-corrected chi connectivity index (χ0v) is 19.8. The summed E-state index contributed by atoms with van der Waals surface area (Å²) in [6, 6.07) is 3.68. The Labute approximate surface area is 193 Å². The maximum atomic E-state index is 12.3. The molecule has 0 spiro atoms. The molecule has 33 heavy (non-hydrogen) atoms. The minimum Gasteiger partial charge on any atom is -0.393 e. The first-order valence-corrected chi connectivity index (χ1v) is 12.5. The van der Waals surface area contributed by atoms with E-state index in [1.165, 1.54) is 13.2 Å². The van der Waals surface area contributed by atoms with Crippen LogP contribution in [0.2, 0.25) is 0 Å². The van der Waals surface area contributed by atoms with Gasteiger partial charge < -0.3 is 15.2 Å². The number of nitrogens with zero attached hydrogens (tertiary/aromatic N) is 4. The predicted molar refractivity (Wildman–Crippen MR) is 125 cm³/mol. The second-order valence-electron chi connectivity index (χ2n) is 8.48. The molecule has 178 valence electrons. The Morgan fingerprint density at radius 3 is 2.67 bits per heavy atom. The van der Waals surface area contributed by atoms with E-state index in [0.717, 1.165) is 42.5 Å². The van der Waals surface area contributed by atoms with Gasteiger partial charge in [0.2, 0.25) is 16.0 Å². The molecule has 1 aliphatic carbocycles. The van der Waals surface area contributed by atoms with Crippen LogP contribution in [0, 0.1) is 0 Å². The summed E-state index contributed by atoms with van der Waals surface area (Å²) in [6.45, 7) is 2.51. The van der Waals surface area contributed by atoms with Gasteiger partial charge in [0.05, 0.1) is 24.4 Å². The molecule has 1 atom stereocenters. The third kappa shape index (κ3) is 5.01. The number of fused-ring (bicyclic) bond motifs is 1. The van der Waals surface area contributed by atoms with Crippen LogP contribution in [-0.4, -0.2) is 66.0 Å². The largest absolute Gasteiger partial charge is 0.393 e. The topological polar surface area (TPSA) is 131 Å². The molecule has 0 saturated heterocycles.